The van der Waals surface area contributed by atoms with E-state index in [-0.39, 0.29) is 0 Å². The lowest BCUT2D eigenvalue weighted by Crippen LogP contribution is -1.83. The van der Waals surface area contributed by atoms with Crippen LogP contribution in [-0.2, 0) is 0 Å². The van der Waals surface area contributed by atoms with E-state index >= 15 is 0 Å². The molecule has 9 heavy (non-hydrogen) atoms. The molecule has 0 N–H and O–H groups in total. The van der Waals surface area contributed by atoms with E-state index in [1.54, 1.807) is 0 Å². The Bertz CT molecular complexity index is 105. The van der Waals surface area contributed by atoms with Crippen molar-refractivity contribution in [3.63, 3.8) is 0 Å². The highest BCUT2D eigenvalue weighted by molar-refractivity contribution is 7.22. The van der Waals surface area contributed by atoms with E-state index in [4.69, 9.17) is 0 Å². The Morgan fingerprint density at radius 2 is 1.89 bits per heavy atom. The molecular weight excluding hydrogens is 127 g/mol. The second-order valence-electron chi connectivity index (χ2n) is 2.73. The summed E-state index contributed by atoms with van der Waals surface area (Å²) >= 11 is 0. The first-order valence-electron chi connectivity index (χ1n) is 3.84. The first-order chi connectivity index (χ1) is 4.39. The van der Waals surface area contributed by atoms with Gasteiger partial charge in [-0.1, -0.05) is 24.2 Å². The Kier molecular flexibility index (Phi) is 3.28. The van der Waals surface area contributed by atoms with Crippen molar-refractivity contribution in [3.8, 4) is 0 Å². The summed E-state index contributed by atoms with van der Waals surface area (Å²) in [7, 11) is 2.82. The number of rotatable bonds is 0. The topological polar surface area (TPSA) is 0 Å². The molecule has 0 aliphatic heterocycles. The highest BCUT2D eigenvalue weighted by Crippen LogP contribution is 2.20. The second-order valence-corrected chi connectivity index (χ2v) is 3.47. The molecule has 1 rings (SSSR count). The van der Waals surface area contributed by atoms with Crippen LogP contribution in [-0.4, -0.2) is 0 Å². The van der Waals surface area contributed by atoms with Gasteiger partial charge in [-0.3, -0.25) is 0 Å². The quantitative estimate of drug-likeness (QED) is 0.456. The standard InChI is InChI=1S/C8H15P/c9-8-6-4-2-1-3-5-7-8/h6H,1-5,7,9H2. The SMILES string of the molecule is PC1=CCCCCCC1. The van der Waals surface area contributed by atoms with Crippen LogP contribution in [0.4, 0.5) is 0 Å². The van der Waals surface area contributed by atoms with E-state index < -0.39 is 0 Å². The fraction of sp³-hybridized carbons (Fsp3) is 0.750. The summed E-state index contributed by atoms with van der Waals surface area (Å²) in [4.78, 5) is 0. The first kappa shape index (κ1) is 7.28. The Morgan fingerprint density at radius 1 is 1.11 bits per heavy atom. The fourth-order valence-electron chi connectivity index (χ4n) is 1.22. The first-order valence-corrected chi connectivity index (χ1v) is 4.42. The molecule has 0 fully saturated rings. The molecule has 0 spiro atoms. The van der Waals surface area contributed by atoms with Gasteiger partial charge in [0, 0.05) is 0 Å². The summed E-state index contributed by atoms with van der Waals surface area (Å²) in [5.74, 6) is 0. The molecule has 0 heterocycles. The van der Waals surface area contributed by atoms with Crippen molar-refractivity contribution in [2.75, 3.05) is 0 Å². The van der Waals surface area contributed by atoms with Crippen molar-refractivity contribution in [1.82, 2.24) is 0 Å². The highest BCUT2D eigenvalue weighted by atomic mass is 31.0. The normalized spacial score (nSPS) is 22.1. The van der Waals surface area contributed by atoms with Gasteiger partial charge < -0.3 is 0 Å². The van der Waals surface area contributed by atoms with E-state index in [2.05, 4.69) is 15.3 Å². The summed E-state index contributed by atoms with van der Waals surface area (Å²) in [6, 6.07) is 0. The molecule has 0 saturated heterocycles. The molecule has 1 aliphatic rings. The van der Waals surface area contributed by atoms with Gasteiger partial charge in [0.25, 0.3) is 0 Å². The van der Waals surface area contributed by atoms with Crippen molar-refractivity contribution in [1.29, 1.82) is 0 Å². The van der Waals surface area contributed by atoms with Crippen molar-refractivity contribution in [3.05, 3.63) is 11.4 Å². The zero-order chi connectivity index (χ0) is 6.53. The third kappa shape index (κ3) is 3.01. The zero-order valence-corrected chi connectivity index (χ0v) is 7.05. The van der Waals surface area contributed by atoms with E-state index in [0.717, 1.165) is 0 Å². The van der Waals surface area contributed by atoms with Crippen LogP contribution in [0.5, 0.6) is 0 Å². The largest absolute Gasteiger partial charge is 0.110 e. The van der Waals surface area contributed by atoms with E-state index in [1.165, 1.54) is 43.8 Å². The lowest BCUT2D eigenvalue weighted by atomic mass is 10.1. The molecule has 1 heteroatoms. The molecule has 1 unspecified atom stereocenters. The third-order valence-corrected chi connectivity index (χ3v) is 2.35. The Balaban J connectivity index is 2.32. The number of hydrogen-bond donors (Lipinski definition) is 0. The molecule has 0 aromatic carbocycles. The van der Waals surface area contributed by atoms with Gasteiger partial charge in [-0.15, -0.1) is 9.24 Å². The predicted molar refractivity (Wildman–Crippen MR) is 45.5 cm³/mol. The van der Waals surface area contributed by atoms with Gasteiger partial charge >= 0.3 is 0 Å². The minimum Gasteiger partial charge on any atom is -0.110 e. The van der Waals surface area contributed by atoms with Crippen molar-refractivity contribution >= 4 is 9.24 Å². The Labute approximate surface area is 59.9 Å². The van der Waals surface area contributed by atoms with E-state index in [0.29, 0.717) is 0 Å². The van der Waals surface area contributed by atoms with Gasteiger partial charge in [0.15, 0.2) is 0 Å². The van der Waals surface area contributed by atoms with Crippen LogP contribution < -0.4 is 0 Å². The molecule has 1 aliphatic carbocycles. The monoisotopic (exact) mass is 142 g/mol. The van der Waals surface area contributed by atoms with Crippen LogP contribution >= 0.6 is 9.24 Å². The van der Waals surface area contributed by atoms with Gasteiger partial charge in [-0.05, 0) is 25.7 Å². The summed E-state index contributed by atoms with van der Waals surface area (Å²) in [5, 5.41) is 1.52. The van der Waals surface area contributed by atoms with Crippen LogP contribution in [0.2, 0.25) is 0 Å². The maximum absolute atomic E-state index is 2.82. The molecule has 0 aromatic rings. The minimum absolute atomic E-state index is 1.30. The van der Waals surface area contributed by atoms with Crippen LogP contribution in [0.15, 0.2) is 11.4 Å². The lowest BCUT2D eigenvalue weighted by molar-refractivity contribution is 0.635. The van der Waals surface area contributed by atoms with Crippen molar-refractivity contribution < 1.29 is 0 Å². The van der Waals surface area contributed by atoms with Crippen LogP contribution in [0, 0.1) is 0 Å². The van der Waals surface area contributed by atoms with E-state index in [9.17, 15) is 0 Å². The molecule has 1 atom stereocenters. The summed E-state index contributed by atoms with van der Waals surface area (Å²) in [6.45, 7) is 0. The van der Waals surface area contributed by atoms with Crippen molar-refractivity contribution in [2.45, 2.75) is 38.5 Å². The van der Waals surface area contributed by atoms with Gasteiger partial charge in [0.2, 0.25) is 0 Å². The second kappa shape index (κ2) is 4.06. The maximum atomic E-state index is 2.82. The molecule has 0 saturated carbocycles. The molecular formula is C8H15P. The molecule has 52 valence electrons. The van der Waals surface area contributed by atoms with Crippen LogP contribution in [0.3, 0.4) is 0 Å². The van der Waals surface area contributed by atoms with E-state index in [1.807, 2.05) is 0 Å². The van der Waals surface area contributed by atoms with Gasteiger partial charge in [0.05, 0.1) is 0 Å². The van der Waals surface area contributed by atoms with Gasteiger partial charge in [-0.25, -0.2) is 0 Å². The predicted octanol–water partition coefficient (Wildman–Crippen LogP) is 3.10. The highest BCUT2D eigenvalue weighted by Gasteiger charge is 1.95. The number of allylic oxidation sites excluding steroid dienone is 2. The average molecular weight is 142 g/mol. The van der Waals surface area contributed by atoms with Crippen LogP contribution in [0.25, 0.3) is 0 Å². The van der Waals surface area contributed by atoms with Gasteiger partial charge in [0.1, 0.15) is 0 Å². The van der Waals surface area contributed by atoms with Crippen LogP contribution in [0.1, 0.15) is 38.5 Å². The summed E-state index contributed by atoms with van der Waals surface area (Å²) in [6.07, 6.45) is 10.7. The van der Waals surface area contributed by atoms with Crippen molar-refractivity contribution in [2.24, 2.45) is 0 Å². The minimum atomic E-state index is 1.30. The summed E-state index contributed by atoms with van der Waals surface area (Å²) < 4.78 is 0. The lowest BCUT2D eigenvalue weighted by Gasteiger charge is -2.05. The Morgan fingerprint density at radius 3 is 2.78 bits per heavy atom. The molecule has 0 aromatic heterocycles. The molecule has 0 bridgehead atoms. The molecule has 0 nitrogen and oxygen atoms in total. The zero-order valence-electron chi connectivity index (χ0n) is 5.90. The molecule has 0 amide bonds. The van der Waals surface area contributed by atoms with Gasteiger partial charge in [-0.2, -0.15) is 0 Å². The maximum Gasteiger partial charge on any atom is -0.0283 e. The average Bonchev–Trinajstić information content (AvgIpc) is 1.79. The summed E-state index contributed by atoms with van der Waals surface area (Å²) in [5.41, 5.74) is 0. The fourth-order valence-corrected chi connectivity index (χ4v) is 1.59. The number of hydrogen-bond acceptors (Lipinski definition) is 0. The molecule has 0 radical (unpaired) electrons. The smallest absolute Gasteiger partial charge is 0.0283 e. The Hall–Kier alpha value is 0.170. The third-order valence-electron chi connectivity index (χ3n) is 1.83.